The Hall–Kier alpha value is -2.27. The minimum atomic E-state index is -4.24. The summed E-state index contributed by atoms with van der Waals surface area (Å²) >= 11 is 0. The second-order valence-corrected chi connectivity index (χ2v) is 9.28. The summed E-state index contributed by atoms with van der Waals surface area (Å²) in [5.74, 6) is 0. The molecule has 1 aliphatic rings. The highest BCUT2D eigenvalue weighted by atomic mass is 31.2. The normalized spacial score (nSPS) is 15.7. The lowest BCUT2D eigenvalue weighted by Gasteiger charge is -2.37. The first kappa shape index (κ1) is 21.0. The molecule has 0 unspecified atom stereocenters. The molecule has 0 heterocycles. The predicted octanol–water partition coefficient (Wildman–Crippen LogP) is 4.68. The van der Waals surface area contributed by atoms with E-state index in [1.54, 1.807) is 0 Å². The van der Waals surface area contributed by atoms with Crippen LogP contribution < -0.4 is 0 Å². The summed E-state index contributed by atoms with van der Waals surface area (Å²) in [6, 6.07) is 30.0. The van der Waals surface area contributed by atoms with Crippen LogP contribution in [0.2, 0.25) is 0 Å². The first-order valence-corrected chi connectivity index (χ1v) is 11.7. The van der Waals surface area contributed by atoms with Crippen molar-refractivity contribution in [3.8, 4) is 0 Å². The third-order valence-corrected chi connectivity index (χ3v) is 5.90. The van der Waals surface area contributed by atoms with Crippen molar-refractivity contribution >= 4 is 7.60 Å². The van der Waals surface area contributed by atoms with E-state index in [9.17, 15) is 14.4 Å². The van der Waals surface area contributed by atoms with Crippen LogP contribution in [0.15, 0.2) is 91.0 Å². The van der Waals surface area contributed by atoms with Gasteiger partial charge in [-0.2, -0.15) is 0 Å². The van der Waals surface area contributed by atoms with Crippen LogP contribution >= 0.6 is 7.60 Å². The van der Waals surface area contributed by atoms with Gasteiger partial charge in [-0.1, -0.05) is 91.0 Å². The molecule has 1 fully saturated rings. The number of rotatable bonds is 9. The second kappa shape index (κ2) is 8.46. The van der Waals surface area contributed by atoms with E-state index in [1.165, 1.54) is 0 Å². The maximum Gasteiger partial charge on any atom is 0.351 e. The quantitative estimate of drug-likeness (QED) is 0.385. The number of ether oxygens (including phenoxy) is 2. The molecule has 0 amide bonds. The minimum Gasteiger partial charge on any atom is -0.360 e. The monoisotopic (exact) mass is 424 g/mol. The first-order valence-electron chi connectivity index (χ1n) is 9.93. The Kier molecular flexibility index (Phi) is 5.92. The molecule has 0 atom stereocenters. The maximum atomic E-state index is 11.3. The summed E-state index contributed by atoms with van der Waals surface area (Å²) in [5.41, 5.74) is 1.41. The summed E-state index contributed by atoms with van der Waals surface area (Å²) in [4.78, 5) is 18.4. The molecule has 0 spiro atoms. The van der Waals surface area contributed by atoms with Gasteiger partial charge in [0.05, 0.1) is 12.2 Å². The molecule has 3 aromatic carbocycles. The van der Waals surface area contributed by atoms with Gasteiger partial charge < -0.3 is 19.3 Å². The zero-order valence-electron chi connectivity index (χ0n) is 16.6. The third kappa shape index (κ3) is 4.56. The van der Waals surface area contributed by atoms with Crippen molar-refractivity contribution in [2.24, 2.45) is 0 Å². The molecule has 0 saturated heterocycles. The summed E-state index contributed by atoms with van der Waals surface area (Å²) in [5, 5.41) is 0. The van der Waals surface area contributed by atoms with E-state index in [1.807, 2.05) is 91.0 Å². The van der Waals surface area contributed by atoms with E-state index in [0.717, 1.165) is 16.7 Å². The Balaban J connectivity index is 1.75. The van der Waals surface area contributed by atoms with Gasteiger partial charge in [-0.3, -0.25) is 4.57 Å². The van der Waals surface area contributed by atoms with Gasteiger partial charge >= 0.3 is 7.60 Å². The molecule has 0 radical (unpaired) electrons. The Labute approximate surface area is 176 Å². The van der Waals surface area contributed by atoms with Crippen LogP contribution in [0.25, 0.3) is 0 Å². The summed E-state index contributed by atoms with van der Waals surface area (Å²) in [6.45, 7) is 0.228. The average Bonchev–Trinajstić information content (AvgIpc) is 3.55. The summed E-state index contributed by atoms with van der Waals surface area (Å²) < 4.78 is 23.6. The molecule has 156 valence electrons. The van der Waals surface area contributed by atoms with Gasteiger partial charge in [-0.15, -0.1) is 0 Å². The van der Waals surface area contributed by atoms with Gasteiger partial charge in [-0.25, -0.2) is 0 Å². The van der Waals surface area contributed by atoms with Crippen LogP contribution in [0.3, 0.4) is 0 Å². The lowest BCUT2D eigenvalue weighted by molar-refractivity contribution is -0.0702. The van der Waals surface area contributed by atoms with Crippen molar-refractivity contribution < 1.29 is 23.8 Å². The van der Waals surface area contributed by atoms with E-state index in [-0.39, 0.29) is 6.61 Å². The Bertz CT molecular complexity index is 901. The Morgan fingerprint density at radius 3 is 1.50 bits per heavy atom. The van der Waals surface area contributed by atoms with Crippen molar-refractivity contribution in [2.75, 3.05) is 13.0 Å². The largest absolute Gasteiger partial charge is 0.360 e. The molecule has 4 rings (SSSR count). The number of hydrogen-bond acceptors (Lipinski definition) is 3. The fourth-order valence-electron chi connectivity index (χ4n) is 3.70. The molecular formula is C24H25O5P. The van der Waals surface area contributed by atoms with Gasteiger partial charge in [0.1, 0.15) is 11.9 Å². The smallest absolute Gasteiger partial charge is 0.351 e. The first-order chi connectivity index (χ1) is 14.4. The Morgan fingerprint density at radius 2 is 1.17 bits per heavy atom. The lowest BCUT2D eigenvalue weighted by atomic mass is 9.80. The highest BCUT2D eigenvalue weighted by molar-refractivity contribution is 7.51. The van der Waals surface area contributed by atoms with Crippen LogP contribution in [0, 0.1) is 0 Å². The van der Waals surface area contributed by atoms with Crippen LogP contribution in [-0.2, 0) is 19.6 Å². The van der Waals surface area contributed by atoms with Crippen molar-refractivity contribution in [3.63, 3.8) is 0 Å². The molecule has 0 aliphatic heterocycles. The molecule has 30 heavy (non-hydrogen) atoms. The molecule has 2 N–H and O–H groups in total. The van der Waals surface area contributed by atoms with Crippen LogP contribution in [-0.4, -0.2) is 28.3 Å². The molecule has 3 aromatic rings. The van der Waals surface area contributed by atoms with Crippen LogP contribution in [0.4, 0.5) is 0 Å². The van der Waals surface area contributed by atoms with Gasteiger partial charge in [-0.05, 0) is 29.5 Å². The molecular weight excluding hydrogens is 399 g/mol. The minimum absolute atomic E-state index is 0.228. The van der Waals surface area contributed by atoms with Crippen molar-refractivity contribution in [1.82, 2.24) is 0 Å². The topological polar surface area (TPSA) is 76.0 Å². The Morgan fingerprint density at radius 1 is 0.767 bits per heavy atom. The highest BCUT2D eigenvalue weighted by Gasteiger charge is 2.49. The van der Waals surface area contributed by atoms with Gasteiger partial charge in [0.25, 0.3) is 0 Å². The molecule has 1 aliphatic carbocycles. The molecule has 6 heteroatoms. The highest BCUT2D eigenvalue weighted by Crippen LogP contribution is 2.48. The van der Waals surface area contributed by atoms with Crippen LogP contribution in [0.5, 0.6) is 0 Å². The van der Waals surface area contributed by atoms with Gasteiger partial charge in [0.2, 0.25) is 0 Å². The fraction of sp³-hybridized carbons (Fsp3) is 0.250. The number of benzene rings is 3. The fourth-order valence-corrected chi connectivity index (χ4v) is 4.14. The van der Waals surface area contributed by atoms with E-state index >= 15 is 0 Å². The predicted molar refractivity (Wildman–Crippen MR) is 115 cm³/mol. The van der Waals surface area contributed by atoms with Crippen molar-refractivity contribution in [3.05, 3.63) is 108 Å². The standard InChI is InChI=1S/C24H25O5P/c25-30(26,27)19-29-23(16-17-23)18-28-24(20-10-4-1-5-11-20,21-12-6-2-7-13-21)22-14-8-3-9-15-22/h1-15H,16-19H2,(H2,25,26,27). The van der Waals surface area contributed by atoms with Crippen molar-refractivity contribution in [2.45, 2.75) is 24.0 Å². The van der Waals surface area contributed by atoms with Gasteiger partial charge in [0, 0.05) is 0 Å². The van der Waals surface area contributed by atoms with Gasteiger partial charge in [0.15, 0.2) is 0 Å². The molecule has 0 bridgehead atoms. The zero-order valence-corrected chi connectivity index (χ0v) is 17.4. The van der Waals surface area contributed by atoms with Crippen LogP contribution in [0.1, 0.15) is 29.5 Å². The zero-order chi connectivity index (χ0) is 21.1. The van der Waals surface area contributed by atoms with E-state index < -0.39 is 25.1 Å². The molecule has 5 nitrogen and oxygen atoms in total. The maximum absolute atomic E-state index is 11.3. The average molecular weight is 424 g/mol. The number of hydrogen-bond donors (Lipinski definition) is 2. The van der Waals surface area contributed by atoms with E-state index in [2.05, 4.69) is 0 Å². The third-order valence-electron chi connectivity index (χ3n) is 5.44. The summed E-state index contributed by atoms with van der Waals surface area (Å²) in [6.07, 6.45) is 0.828. The van der Waals surface area contributed by atoms with E-state index in [4.69, 9.17) is 9.47 Å². The SMILES string of the molecule is O=P(O)(O)COC1(COC(c2ccccc2)(c2ccccc2)c2ccccc2)CC1. The van der Waals surface area contributed by atoms with Crippen molar-refractivity contribution in [1.29, 1.82) is 0 Å². The molecule has 1 saturated carbocycles. The molecule has 0 aromatic heterocycles. The second-order valence-electron chi connectivity index (χ2n) is 7.69. The van der Waals surface area contributed by atoms with E-state index in [0.29, 0.717) is 12.8 Å². The summed E-state index contributed by atoms with van der Waals surface area (Å²) in [7, 11) is -4.24. The lowest BCUT2D eigenvalue weighted by Crippen LogP contribution is -2.37.